The molecule has 0 aromatic rings. The van der Waals surface area contributed by atoms with Crippen LogP contribution in [-0.4, -0.2) is 175 Å². The van der Waals surface area contributed by atoms with Crippen LogP contribution < -0.4 is 0 Å². The molecule has 0 aromatic carbocycles. The molecule has 412 valence electrons. The highest BCUT2D eigenvalue weighted by molar-refractivity contribution is 5.79. The lowest BCUT2D eigenvalue weighted by atomic mass is 9.84. The van der Waals surface area contributed by atoms with Crippen molar-refractivity contribution < 1.29 is 107 Å². The third-order valence-electron chi connectivity index (χ3n) is 12.6. The fraction of sp³-hybridized carbons (Fsp3) is 0.750. The lowest BCUT2D eigenvalue weighted by Gasteiger charge is -2.29. The van der Waals surface area contributed by atoms with Crippen molar-refractivity contribution in [3.63, 3.8) is 0 Å². The normalized spacial score (nSPS) is 19.3. The zero-order valence-electron chi connectivity index (χ0n) is 43.2. The highest BCUT2D eigenvalue weighted by Gasteiger charge is 2.49. The molecule has 2 saturated heterocycles. The second-order valence-corrected chi connectivity index (χ2v) is 19.5. The maximum Gasteiger partial charge on any atom is 0.321 e. The van der Waals surface area contributed by atoms with E-state index in [-0.39, 0.29) is 51.1 Å². The molecule has 24 nitrogen and oxygen atoms in total. The number of carbonyl (C=O) groups is 10. The lowest BCUT2D eigenvalue weighted by Crippen LogP contribution is -2.48. The van der Waals surface area contributed by atoms with E-state index in [0.717, 1.165) is 6.42 Å². The fourth-order valence-electron chi connectivity index (χ4n) is 6.68. The first-order valence-electron chi connectivity index (χ1n) is 23.7. The zero-order valence-corrected chi connectivity index (χ0v) is 43.2. The molecule has 0 bridgehead atoms. The van der Waals surface area contributed by atoms with Crippen LogP contribution in [0.2, 0.25) is 0 Å². The van der Waals surface area contributed by atoms with Gasteiger partial charge in [0.1, 0.15) is 51.0 Å². The number of esters is 5. The van der Waals surface area contributed by atoms with Gasteiger partial charge in [-0.2, -0.15) is 0 Å². The zero-order chi connectivity index (χ0) is 55.9. The fourth-order valence-corrected chi connectivity index (χ4v) is 6.68. The summed E-state index contributed by atoms with van der Waals surface area (Å²) in [7, 11) is 0. The molecule has 0 saturated carbocycles. The van der Waals surface area contributed by atoms with Gasteiger partial charge in [0.25, 0.3) is 0 Å². The number of carbonyl (C=O) groups excluding carboxylic acids is 5. The van der Waals surface area contributed by atoms with E-state index in [1.54, 1.807) is 55.4 Å². The van der Waals surface area contributed by atoms with E-state index in [2.05, 4.69) is 6.58 Å². The summed E-state index contributed by atoms with van der Waals surface area (Å²) in [5.41, 5.74) is -1.39. The van der Waals surface area contributed by atoms with Gasteiger partial charge in [-0.05, 0) is 86.5 Å². The summed E-state index contributed by atoms with van der Waals surface area (Å²) in [6.45, 7) is 20.6. The smallest absolute Gasteiger partial charge is 0.321 e. The van der Waals surface area contributed by atoms with Crippen LogP contribution in [0.1, 0.15) is 133 Å². The molecule has 0 radical (unpaired) electrons. The van der Waals surface area contributed by atoms with Crippen LogP contribution in [-0.2, 0) is 71.6 Å². The number of nitrogens with zero attached hydrogens (tertiary/aromatic N) is 2. The third-order valence-corrected chi connectivity index (χ3v) is 12.6. The van der Waals surface area contributed by atoms with E-state index in [9.17, 15) is 63.3 Å². The number of hydrogen-bond donors (Lipinski definition) is 7. The number of carboxylic acid groups (broad SMARTS) is 5. The number of aliphatic hydroxyl groups is 2. The molecule has 2 heterocycles. The Morgan fingerprint density at radius 1 is 0.583 bits per heavy atom. The summed E-state index contributed by atoms with van der Waals surface area (Å²) in [4.78, 5) is 117. The molecule has 24 heteroatoms. The van der Waals surface area contributed by atoms with Crippen LogP contribution in [0.4, 0.5) is 0 Å². The highest BCUT2D eigenvalue weighted by Crippen LogP contribution is 2.38. The quantitative estimate of drug-likeness (QED) is 0.0336. The second-order valence-electron chi connectivity index (χ2n) is 19.5. The van der Waals surface area contributed by atoms with Crippen molar-refractivity contribution in [1.29, 1.82) is 0 Å². The van der Waals surface area contributed by atoms with E-state index >= 15 is 0 Å². The Kier molecular flexibility index (Phi) is 28.5. The van der Waals surface area contributed by atoms with Crippen molar-refractivity contribution in [3.8, 4) is 0 Å². The third kappa shape index (κ3) is 23.2. The Bertz CT molecular complexity index is 1880. The lowest BCUT2D eigenvalue weighted by molar-refractivity contribution is -0.171. The van der Waals surface area contributed by atoms with Crippen LogP contribution in [0.25, 0.3) is 0 Å². The maximum atomic E-state index is 12.1. The predicted octanol–water partition coefficient (Wildman–Crippen LogP) is 3.32. The average molecular weight is 1040 g/mol. The van der Waals surface area contributed by atoms with Gasteiger partial charge in [0.05, 0.1) is 48.3 Å². The van der Waals surface area contributed by atoms with Crippen molar-refractivity contribution in [2.45, 2.75) is 164 Å². The molecule has 0 spiro atoms. The van der Waals surface area contributed by atoms with Crippen molar-refractivity contribution in [1.82, 2.24) is 9.80 Å². The second kappa shape index (κ2) is 31.0. The number of likely N-dealkylation sites (tertiary alicyclic amines) is 2. The van der Waals surface area contributed by atoms with Crippen LogP contribution in [0, 0.1) is 28.1 Å². The molecule has 2 aliphatic rings. The standard InChI is InChI=1S/C18H29NO7.C17H26O10.C13H23NO5/c1-6-18(4,5)17(25)26-9-13(20)19-8-12(10(2)3)11(7-14(21)22)15(19)16(23)24;1-4-17(2,3)16(24)26-10-11(27-15(23)8-6-13(20)21)9-25-14(22)7-5-12(18)19;1-4-13(2,3)12(18)19-8-10(15)14-7-5-6-9(14)11(16)17/h11-13,15,20H,2,6-9H2,1,3-5H3,(H,21,22)(H,23,24);11H,4-10H2,1-3H3,(H,18,19)(H,20,21);9-10,15H,4-8H2,1-3H3,(H,16,17). The monoisotopic (exact) mass is 1030 g/mol. The first-order chi connectivity index (χ1) is 33.2. The summed E-state index contributed by atoms with van der Waals surface area (Å²) in [6, 6.07) is -1.88. The minimum absolute atomic E-state index is 0.139. The van der Waals surface area contributed by atoms with Crippen LogP contribution in [0.3, 0.4) is 0 Å². The molecule has 72 heavy (non-hydrogen) atoms. The molecule has 7 N–H and O–H groups in total. The van der Waals surface area contributed by atoms with Gasteiger partial charge in [-0.25, -0.2) is 0 Å². The Balaban J connectivity index is 0.00000107. The van der Waals surface area contributed by atoms with Crippen molar-refractivity contribution in [2.75, 3.05) is 39.5 Å². The number of carboxylic acids is 5. The van der Waals surface area contributed by atoms with Gasteiger partial charge in [-0.15, -0.1) is 0 Å². The van der Waals surface area contributed by atoms with Crippen molar-refractivity contribution in [2.24, 2.45) is 28.1 Å². The molecule has 7 unspecified atom stereocenters. The number of rotatable bonds is 28. The van der Waals surface area contributed by atoms with E-state index in [1.165, 1.54) is 9.80 Å². The van der Waals surface area contributed by atoms with E-state index < -0.39 is 132 Å². The maximum absolute atomic E-state index is 12.1. The number of aliphatic carboxylic acids is 5. The molecule has 2 aliphatic heterocycles. The van der Waals surface area contributed by atoms with E-state index in [0.29, 0.717) is 37.8 Å². The van der Waals surface area contributed by atoms with E-state index in [1.807, 2.05) is 13.8 Å². The summed E-state index contributed by atoms with van der Waals surface area (Å²) in [5.74, 6) is -9.80. The molecule has 0 amide bonds. The SMILES string of the molecule is C=C(C)C1CN(C(O)COC(=O)C(C)(C)CC)C(C(=O)O)C1CC(=O)O.CCC(C)(C)C(=O)OCC(COC(=O)CCC(=O)O)OC(=O)CCC(=O)O.CCC(C)(C)C(=O)OCC(O)N1CCCC1C(=O)O. The van der Waals surface area contributed by atoms with Crippen molar-refractivity contribution in [3.05, 3.63) is 12.2 Å². The first-order valence-corrected chi connectivity index (χ1v) is 23.7. The van der Waals surface area contributed by atoms with Crippen LogP contribution in [0.5, 0.6) is 0 Å². The molecule has 7 atom stereocenters. The average Bonchev–Trinajstić information content (AvgIpc) is 3.96. The summed E-state index contributed by atoms with van der Waals surface area (Å²) in [6.07, 6.45) is -2.53. The first kappa shape index (κ1) is 66.3. The minimum atomic E-state index is -1.34. The van der Waals surface area contributed by atoms with Gasteiger partial charge in [-0.3, -0.25) is 57.7 Å². The van der Waals surface area contributed by atoms with Crippen LogP contribution >= 0.6 is 0 Å². The molecular formula is C48H78N2O22. The van der Waals surface area contributed by atoms with Gasteiger partial charge < -0.3 is 59.4 Å². The minimum Gasteiger partial charge on any atom is -0.481 e. The van der Waals surface area contributed by atoms with Gasteiger partial charge in [0, 0.05) is 19.0 Å². The molecule has 0 aromatic heterocycles. The summed E-state index contributed by atoms with van der Waals surface area (Å²) in [5, 5.41) is 65.2. The Morgan fingerprint density at radius 2 is 1.00 bits per heavy atom. The van der Waals surface area contributed by atoms with Gasteiger partial charge in [-0.1, -0.05) is 32.9 Å². The Labute approximate surface area is 419 Å². The number of aliphatic hydroxyl groups excluding tert-OH is 2. The molecule has 2 rings (SSSR count). The molecule has 2 fully saturated rings. The topological polar surface area (TPSA) is 365 Å². The van der Waals surface area contributed by atoms with Crippen molar-refractivity contribution >= 4 is 59.7 Å². The number of ether oxygens (including phenoxy) is 5. The summed E-state index contributed by atoms with van der Waals surface area (Å²) >= 11 is 0. The van der Waals surface area contributed by atoms with E-state index in [4.69, 9.17) is 44.1 Å². The number of hydrogen-bond acceptors (Lipinski definition) is 19. The van der Waals surface area contributed by atoms with Gasteiger partial charge in [0.15, 0.2) is 6.10 Å². The van der Waals surface area contributed by atoms with Gasteiger partial charge >= 0.3 is 59.7 Å². The Hall–Kier alpha value is -5.72. The molecular weight excluding hydrogens is 957 g/mol. The Morgan fingerprint density at radius 3 is 1.39 bits per heavy atom. The predicted molar refractivity (Wildman–Crippen MR) is 251 cm³/mol. The largest absolute Gasteiger partial charge is 0.481 e. The highest BCUT2D eigenvalue weighted by atomic mass is 16.6. The van der Waals surface area contributed by atoms with Crippen LogP contribution in [0.15, 0.2) is 12.2 Å². The molecule has 0 aliphatic carbocycles. The summed E-state index contributed by atoms with van der Waals surface area (Å²) < 4.78 is 25.2. The van der Waals surface area contributed by atoms with Gasteiger partial charge in [0.2, 0.25) is 0 Å².